The van der Waals surface area contributed by atoms with Crippen molar-refractivity contribution in [2.45, 2.75) is 4.90 Å². The van der Waals surface area contributed by atoms with Gasteiger partial charge in [-0.25, -0.2) is 13.4 Å². The second kappa shape index (κ2) is 7.91. The summed E-state index contributed by atoms with van der Waals surface area (Å²) in [5, 5.41) is 8.67. The smallest absolute Gasteiger partial charge is 0.244 e. The normalized spacial score (nSPS) is 11.5. The van der Waals surface area contributed by atoms with Crippen LogP contribution in [0.3, 0.4) is 0 Å². The van der Waals surface area contributed by atoms with Crippen molar-refractivity contribution >= 4 is 10.0 Å². The Morgan fingerprint density at radius 2 is 1.85 bits per heavy atom. The maximum absolute atomic E-state index is 12.4. The van der Waals surface area contributed by atoms with E-state index in [0.29, 0.717) is 0 Å². The fourth-order valence-electron chi connectivity index (χ4n) is 1.49. The van der Waals surface area contributed by atoms with Crippen molar-refractivity contribution in [3.8, 4) is 6.07 Å². The summed E-state index contributed by atoms with van der Waals surface area (Å²) in [7, 11) is -0.660. The van der Waals surface area contributed by atoms with Gasteiger partial charge in [0.15, 0.2) is 0 Å². The molecule has 7 nitrogen and oxygen atoms in total. The lowest BCUT2D eigenvalue weighted by Gasteiger charge is -2.21. The summed E-state index contributed by atoms with van der Waals surface area (Å²) >= 11 is 0. The van der Waals surface area contributed by atoms with E-state index in [0.717, 1.165) is 0 Å². The molecule has 8 heteroatoms. The van der Waals surface area contributed by atoms with Crippen molar-refractivity contribution in [1.29, 1.82) is 5.26 Å². The maximum atomic E-state index is 12.4. The number of hydrogen-bond donors (Lipinski definition) is 0. The van der Waals surface area contributed by atoms with Gasteiger partial charge in [0, 0.05) is 33.5 Å². The standard InChI is InChI=1S/C12H17N3O4S/c1-18-7-5-15(6-8-19-2)20(16,17)12-4-3-11(9-13)14-10-12/h3-4,10H,5-8H2,1-2H3. The first-order valence-electron chi connectivity index (χ1n) is 5.90. The summed E-state index contributed by atoms with van der Waals surface area (Å²) in [6, 6.07) is 4.59. The highest BCUT2D eigenvalue weighted by molar-refractivity contribution is 7.89. The summed E-state index contributed by atoms with van der Waals surface area (Å²) in [5.41, 5.74) is 0.171. The predicted octanol–water partition coefficient (Wildman–Crippen LogP) is 0.237. The summed E-state index contributed by atoms with van der Waals surface area (Å²) < 4.78 is 36.0. The number of hydrogen-bond acceptors (Lipinski definition) is 6. The second-order valence-electron chi connectivity index (χ2n) is 3.88. The van der Waals surface area contributed by atoms with E-state index in [2.05, 4.69) is 4.98 Å². The van der Waals surface area contributed by atoms with Crippen molar-refractivity contribution in [3.63, 3.8) is 0 Å². The highest BCUT2D eigenvalue weighted by Gasteiger charge is 2.24. The molecule has 0 N–H and O–H groups in total. The lowest BCUT2D eigenvalue weighted by Crippen LogP contribution is -2.36. The van der Waals surface area contributed by atoms with Crippen molar-refractivity contribution in [3.05, 3.63) is 24.0 Å². The third-order valence-electron chi connectivity index (χ3n) is 2.58. The molecule has 0 aliphatic rings. The van der Waals surface area contributed by atoms with E-state index < -0.39 is 10.0 Å². The average molecular weight is 299 g/mol. The zero-order valence-electron chi connectivity index (χ0n) is 11.4. The minimum atomic E-state index is -3.67. The second-order valence-corrected chi connectivity index (χ2v) is 5.82. The maximum Gasteiger partial charge on any atom is 0.244 e. The van der Waals surface area contributed by atoms with Gasteiger partial charge in [-0.05, 0) is 12.1 Å². The first-order chi connectivity index (χ1) is 9.56. The van der Waals surface area contributed by atoms with Crippen LogP contribution in [0.15, 0.2) is 23.2 Å². The molecule has 20 heavy (non-hydrogen) atoms. The predicted molar refractivity (Wildman–Crippen MR) is 71.5 cm³/mol. The lowest BCUT2D eigenvalue weighted by molar-refractivity contribution is 0.150. The lowest BCUT2D eigenvalue weighted by atomic mass is 10.4. The van der Waals surface area contributed by atoms with Crippen LogP contribution >= 0.6 is 0 Å². The van der Waals surface area contributed by atoms with Crippen LogP contribution in [0.5, 0.6) is 0 Å². The molecule has 1 rings (SSSR count). The van der Waals surface area contributed by atoms with Crippen LogP contribution < -0.4 is 0 Å². The Hall–Kier alpha value is -1.53. The third kappa shape index (κ3) is 4.25. The number of methoxy groups -OCH3 is 2. The fraction of sp³-hybridized carbons (Fsp3) is 0.500. The summed E-state index contributed by atoms with van der Waals surface area (Å²) in [6.45, 7) is 1.02. The number of ether oxygens (including phenoxy) is 2. The van der Waals surface area contributed by atoms with Crippen LogP contribution in [0, 0.1) is 11.3 Å². The molecule has 1 aromatic rings. The van der Waals surface area contributed by atoms with Crippen molar-refractivity contribution in [2.75, 3.05) is 40.5 Å². The molecule has 0 radical (unpaired) electrons. The quantitative estimate of drug-likeness (QED) is 0.682. The van der Waals surface area contributed by atoms with Crippen LogP contribution in [0.1, 0.15) is 5.69 Å². The number of nitrogens with zero attached hydrogens (tertiary/aromatic N) is 3. The first kappa shape index (κ1) is 16.5. The van der Waals surface area contributed by atoms with Gasteiger partial charge in [0.1, 0.15) is 16.7 Å². The summed E-state index contributed by atoms with van der Waals surface area (Å²) in [6.07, 6.45) is 1.18. The number of sulfonamides is 1. The molecule has 0 saturated carbocycles. The largest absolute Gasteiger partial charge is 0.383 e. The molecule has 0 atom stereocenters. The molecule has 0 amide bonds. The van der Waals surface area contributed by atoms with Gasteiger partial charge in [-0.3, -0.25) is 0 Å². The van der Waals surface area contributed by atoms with E-state index >= 15 is 0 Å². The molecular formula is C12H17N3O4S. The Morgan fingerprint density at radius 1 is 1.25 bits per heavy atom. The number of nitriles is 1. The SMILES string of the molecule is COCCN(CCOC)S(=O)(=O)c1ccc(C#N)nc1. The molecule has 0 aromatic carbocycles. The summed E-state index contributed by atoms with van der Waals surface area (Å²) in [5.74, 6) is 0. The Morgan fingerprint density at radius 3 is 2.25 bits per heavy atom. The molecule has 110 valence electrons. The first-order valence-corrected chi connectivity index (χ1v) is 7.34. The molecule has 0 aliphatic carbocycles. The molecule has 0 fully saturated rings. The van der Waals surface area contributed by atoms with Crippen LogP contribution in [-0.2, 0) is 19.5 Å². The Balaban J connectivity index is 2.98. The fourth-order valence-corrected chi connectivity index (χ4v) is 2.84. The monoisotopic (exact) mass is 299 g/mol. The van der Waals surface area contributed by atoms with E-state index in [4.69, 9.17) is 14.7 Å². The highest BCUT2D eigenvalue weighted by Crippen LogP contribution is 2.14. The van der Waals surface area contributed by atoms with Gasteiger partial charge >= 0.3 is 0 Å². The number of rotatable bonds is 8. The minimum Gasteiger partial charge on any atom is -0.383 e. The van der Waals surface area contributed by atoms with Crippen molar-refractivity contribution < 1.29 is 17.9 Å². The van der Waals surface area contributed by atoms with Gasteiger partial charge < -0.3 is 9.47 Å². The zero-order valence-corrected chi connectivity index (χ0v) is 12.3. The van der Waals surface area contributed by atoms with Crippen LogP contribution in [0.2, 0.25) is 0 Å². The van der Waals surface area contributed by atoms with Gasteiger partial charge in [0.25, 0.3) is 0 Å². The Labute approximate surface area is 118 Å². The van der Waals surface area contributed by atoms with Gasteiger partial charge in [-0.15, -0.1) is 0 Å². The topological polar surface area (TPSA) is 92.5 Å². The van der Waals surface area contributed by atoms with E-state index in [1.54, 1.807) is 0 Å². The van der Waals surface area contributed by atoms with Gasteiger partial charge in [0.2, 0.25) is 10.0 Å². The van der Waals surface area contributed by atoms with Gasteiger partial charge in [0.05, 0.1) is 13.2 Å². The molecule has 0 unspecified atom stereocenters. The van der Waals surface area contributed by atoms with Gasteiger partial charge in [-0.2, -0.15) is 9.57 Å². The highest BCUT2D eigenvalue weighted by atomic mass is 32.2. The van der Waals surface area contributed by atoms with Gasteiger partial charge in [-0.1, -0.05) is 0 Å². The van der Waals surface area contributed by atoms with E-state index in [-0.39, 0.29) is 36.9 Å². The number of pyridine rings is 1. The minimum absolute atomic E-state index is 0.0451. The Bertz CT molecular complexity index is 543. The molecule has 0 aliphatic heterocycles. The average Bonchev–Trinajstić information content (AvgIpc) is 2.47. The van der Waals surface area contributed by atoms with E-state index in [1.165, 1.54) is 36.9 Å². The molecule has 1 aromatic heterocycles. The molecule has 0 spiro atoms. The summed E-state index contributed by atoms with van der Waals surface area (Å²) in [4.78, 5) is 3.82. The molecule has 0 bridgehead atoms. The molecule has 0 saturated heterocycles. The van der Waals surface area contributed by atoms with E-state index in [9.17, 15) is 8.42 Å². The van der Waals surface area contributed by atoms with Crippen LogP contribution in [0.25, 0.3) is 0 Å². The van der Waals surface area contributed by atoms with Crippen molar-refractivity contribution in [1.82, 2.24) is 9.29 Å². The zero-order chi connectivity index (χ0) is 15.0. The van der Waals surface area contributed by atoms with Crippen molar-refractivity contribution in [2.24, 2.45) is 0 Å². The van der Waals surface area contributed by atoms with E-state index in [1.807, 2.05) is 6.07 Å². The Kier molecular flexibility index (Phi) is 6.54. The molecule has 1 heterocycles. The van der Waals surface area contributed by atoms with Crippen LogP contribution in [0.4, 0.5) is 0 Å². The third-order valence-corrected chi connectivity index (χ3v) is 4.46. The number of aromatic nitrogens is 1. The molecular weight excluding hydrogens is 282 g/mol. The van der Waals surface area contributed by atoms with Crippen LogP contribution in [-0.4, -0.2) is 58.2 Å².